The lowest BCUT2D eigenvalue weighted by Crippen LogP contribution is -2.15. The first-order valence-corrected chi connectivity index (χ1v) is 19.7. The SMILES string of the molecule is C=Cc1c(/C(C)=C/C=C2\Cc3cc4cc5c(cc4cc3C2(C)C)oc2ccccc25)ccc(-c2c3ccccc3c(/C(C)=C/C=C\C)c3ccccc23)c1C=C. The highest BCUT2D eigenvalue weighted by Crippen LogP contribution is 2.47. The molecule has 0 radical (unpaired) electrons. The molecule has 0 fully saturated rings. The smallest absolute Gasteiger partial charge is 0.136 e. The molecule has 0 spiro atoms. The van der Waals surface area contributed by atoms with Crippen molar-refractivity contribution in [3.8, 4) is 11.1 Å². The average Bonchev–Trinajstić information content (AvgIpc) is 3.70. The zero-order valence-corrected chi connectivity index (χ0v) is 33.0. The topological polar surface area (TPSA) is 13.1 Å². The van der Waals surface area contributed by atoms with E-state index in [2.05, 4.69) is 181 Å². The summed E-state index contributed by atoms with van der Waals surface area (Å²) in [4.78, 5) is 0. The molecule has 1 heteroatoms. The van der Waals surface area contributed by atoms with Gasteiger partial charge in [-0.15, -0.1) is 0 Å². The lowest BCUT2D eigenvalue weighted by Gasteiger charge is -2.22. The summed E-state index contributed by atoms with van der Waals surface area (Å²) in [5.41, 5.74) is 15.4. The molecular formula is C55H46O. The minimum Gasteiger partial charge on any atom is -0.456 e. The number of furan rings is 1. The van der Waals surface area contributed by atoms with Crippen molar-refractivity contribution in [3.05, 3.63) is 192 Å². The molecule has 0 atom stereocenters. The molecule has 0 N–H and O–H groups in total. The number of fused-ring (bicyclic) bond motifs is 7. The third-order valence-corrected chi connectivity index (χ3v) is 12.2. The Morgan fingerprint density at radius 2 is 1.29 bits per heavy atom. The third-order valence-electron chi connectivity index (χ3n) is 12.2. The fourth-order valence-electron chi connectivity index (χ4n) is 9.28. The van der Waals surface area contributed by atoms with Crippen LogP contribution in [0.5, 0.6) is 0 Å². The van der Waals surface area contributed by atoms with Crippen molar-refractivity contribution in [1.29, 1.82) is 0 Å². The van der Waals surface area contributed by atoms with Crippen LogP contribution >= 0.6 is 0 Å². The molecule has 0 aliphatic heterocycles. The van der Waals surface area contributed by atoms with Gasteiger partial charge in [0.05, 0.1) is 0 Å². The van der Waals surface area contributed by atoms with Crippen LogP contribution in [0.1, 0.15) is 68.0 Å². The first kappa shape index (κ1) is 35.3. The summed E-state index contributed by atoms with van der Waals surface area (Å²) in [6, 6.07) is 39.8. The van der Waals surface area contributed by atoms with E-state index in [4.69, 9.17) is 4.42 Å². The molecule has 8 aromatic rings. The number of hydrogen-bond donors (Lipinski definition) is 0. The monoisotopic (exact) mass is 722 g/mol. The van der Waals surface area contributed by atoms with Crippen LogP contribution in [0.25, 0.3) is 88.7 Å². The van der Waals surface area contributed by atoms with Gasteiger partial charge in [0.2, 0.25) is 0 Å². The summed E-state index contributed by atoms with van der Waals surface area (Å²) in [5, 5.41) is 9.78. The van der Waals surface area contributed by atoms with Crippen molar-refractivity contribution in [3.63, 3.8) is 0 Å². The van der Waals surface area contributed by atoms with Gasteiger partial charge in [0.1, 0.15) is 11.2 Å². The number of rotatable bonds is 7. The first-order valence-electron chi connectivity index (χ1n) is 19.7. The molecule has 1 aliphatic rings. The Balaban J connectivity index is 1.13. The zero-order valence-electron chi connectivity index (χ0n) is 33.0. The maximum absolute atomic E-state index is 6.25. The lowest BCUT2D eigenvalue weighted by molar-refractivity contribution is 0.645. The highest BCUT2D eigenvalue weighted by Gasteiger charge is 2.34. The van der Waals surface area contributed by atoms with Gasteiger partial charge in [-0.2, -0.15) is 0 Å². The fraction of sp³-hybridized carbons (Fsp3) is 0.127. The summed E-state index contributed by atoms with van der Waals surface area (Å²) in [7, 11) is 0. The summed E-state index contributed by atoms with van der Waals surface area (Å²) in [6.45, 7) is 19.9. The standard InChI is InChI=1S/C55H46O/c1-8-11-18-35(5)53-44-20-12-14-22-46(44)54(47-23-15-13-21-45(47)53)48-28-27-42(40(9-2)41(48)10-3)34(4)25-26-39-30-38-29-36-31-49-43-19-16-17-24-51(43)56-52(49)33-37(36)32-50(38)55(39,6)7/h8-29,31-33H,2-3,30H2,1,4-7H3/b11-8-,34-25+,35-18+,39-26+. The van der Waals surface area contributed by atoms with Crippen LogP contribution in [0.3, 0.4) is 0 Å². The normalized spacial score (nSPS) is 15.3. The molecule has 0 amide bonds. The van der Waals surface area contributed by atoms with E-state index in [-0.39, 0.29) is 5.41 Å². The van der Waals surface area contributed by atoms with E-state index in [1.807, 2.05) is 18.2 Å². The Hall–Kier alpha value is -6.44. The van der Waals surface area contributed by atoms with Gasteiger partial charge in [0.15, 0.2) is 0 Å². The van der Waals surface area contributed by atoms with Crippen molar-refractivity contribution >= 4 is 77.6 Å². The quantitative estimate of drug-likeness (QED) is 0.118. The van der Waals surface area contributed by atoms with Gasteiger partial charge >= 0.3 is 0 Å². The minimum atomic E-state index is -0.102. The van der Waals surface area contributed by atoms with Crippen LogP contribution in [0.2, 0.25) is 0 Å². The van der Waals surface area contributed by atoms with E-state index in [1.165, 1.54) is 87.6 Å². The largest absolute Gasteiger partial charge is 0.456 e. The maximum Gasteiger partial charge on any atom is 0.136 e. The van der Waals surface area contributed by atoms with Crippen LogP contribution in [0.15, 0.2) is 163 Å². The Morgan fingerprint density at radius 3 is 1.96 bits per heavy atom. The molecule has 9 rings (SSSR count). The number of allylic oxidation sites excluding steroid dienone is 8. The molecule has 0 unspecified atom stereocenters. The second kappa shape index (κ2) is 13.7. The van der Waals surface area contributed by atoms with Crippen molar-refractivity contribution in [1.82, 2.24) is 0 Å². The lowest BCUT2D eigenvalue weighted by atomic mass is 9.81. The van der Waals surface area contributed by atoms with Crippen molar-refractivity contribution in [2.75, 3.05) is 0 Å². The van der Waals surface area contributed by atoms with Gasteiger partial charge < -0.3 is 4.42 Å². The van der Waals surface area contributed by atoms with E-state index in [9.17, 15) is 0 Å². The van der Waals surface area contributed by atoms with Gasteiger partial charge in [-0.3, -0.25) is 0 Å². The summed E-state index contributed by atoms with van der Waals surface area (Å²) in [5.74, 6) is 0. The Kier molecular flexibility index (Phi) is 8.63. The predicted octanol–water partition coefficient (Wildman–Crippen LogP) is 15.8. The molecule has 1 aliphatic carbocycles. The molecule has 272 valence electrons. The van der Waals surface area contributed by atoms with Crippen LogP contribution in [-0.4, -0.2) is 0 Å². The van der Waals surface area contributed by atoms with E-state index in [0.717, 1.165) is 34.3 Å². The second-order valence-corrected chi connectivity index (χ2v) is 15.8. The molecule has 0 saturated heterocycles. The predicted molar refractivity (Wildman–Crippen MR) is 245 cm³/mol. The Bertz CT molecular complexity index is 3020. The van der Waals surface area contributed by atoms with Crippen molar-refractivity contribution in [2.45, 2.75) is 46.5 Å². The molecule has 7 aromatic carbocycles. The summed E-state index contributed by atoms with van der Waals surface area (Å²) >= 11 is 0. The molecule has 1 aromatic heterocycles. The summed E-state index contributed by atoms with van der Waals surface area (Å²) < 4.78 is 6.25. The fourth-order valence-corrected chi connectivity index (χ4v) is 9.28. The molecule has 0 bridgehead atoms. The van der Waals surface area contributed by atoms with Gasteiger partial charge in [0.25, 0.3) is 0 Å². The first-order chi connectivity index (χ1) is 27.2. The highest BCUT2D eigenvalue weighted by atomic mass is 16.3. The van der Waals surface area contributed by atoms with E-state index in [1.54, 1.807) is 0 Å². The van der Waals surface area contributed by atoms with E-state index in [0.29, 0.717) is 0 Å². The Morgan fingerprint density at radius 1 is 0.643 bits per heavy atom. The molecule has 1 nitrogen and oxygen atoms in total. The second-order valence-electron chi connectivity index (χ2n) is 15.8. The van der Waals surface area contributed by atoms with Gasteiger partial charge in [-0.05, 0) is 139 Å². The van der Waals surface area contributed by atoms with Gasteiger partial charge in [-0.25, -0.2) is 0 Å². The van der Waals surface area contributed by atoms with Crippen molar-refractivity contribution < 1.29 is 4.42 Å². The van der Waals surface area contributed by atoms with Crippen LogP contribution < -0.4 is 0 Å². The molecule has 0 saturated carbocycles. The third kappa shape index (κ3) is 5.53. The van der Waals surface area contributed by atoms with Gasteiger partial charge in [-0.1, -0.05) is 160 Å². The number of para-hydroxylation sites is 1. The average molecular weight is 723 g/mol. The molecule has 56 heavy (non-hydrogen) atoms. The maximum atomic E-state index is 6.25. The highest BCUT2D eigenvalue weighted by molar-refractivity contribution is 6.19. The zero-order chi connectivity index (χ0) is 38.7. The van der Waals surface area contributed by atoms with E-state index < -0.39 is 0 Å². The number of hydrogen-bond acceptors (Lipinski definition) is 1. The van der Waals surface area contributed by atoms with Crippen LogP contribution in [0, 0.1) is 0 Å². The summed E-state index contributed by atoms with van der Waals surface area (Å²) in [6.07, 6.45) is 16.0. The minimum absolute atomic E-state index is 0.102. The van der Waals surface area contributed by atoms with Gasteiger partial charge in [0, 0.05) is 16.2 Å². The Labute approximate surface area is 330 Å². The van der Waals surface area contributed by atoms with Crippen molar-refractivity contribution in [2.24, 2.45) is 0 Å². The van der Waals surface area contributed by atoms with Crippen LogP contribution in [-0.2, 0) is 11.8 Å². The number of benzene rings is 7. The molecular weight excluding hydrogens is 677 g/mol. The van der Waals surface area contributed by atoms with Crippen LogP contribution in [0.4, 0.5) is 0 Å². The molecule has 1 heterocycles. The van der Waals surface area contributed by atoms with E-state index >= 15 is 0 Å².